The van der Waals surface area contributed by atoms with Gasteiger partial charge < -0.3 is 9.84 Å². The van der Waals surface area contributed by atoms with Crippen molar-refractivity contribution in [3.8, 4) is 28.1 Å². The summed E-state index contributed by atoms with van der Waals surface area (Å²) in [6, 6.07) is 8.10. The number of aromatic carboxylic acids is 1. The highest BCUT2D eigenvalue weighted by Crippen LogP contribution is 2.51. The zero-order valence-corrected chi connectivity index (χ0v) is 17.1. The van der Waals surface area contributed by atoms with E-state index >= 15 is 0 Å². The lowest BCUT2D eigenvalue weighted by Crippen LogP contribution is -2.31. The first-order valence-corrected chi connectivity index (χ1v) is 9.46. The standard InChI is InChI=1S/C19H13ClFIN2O3/c1-19(2)14-15(23-24-16(14)18(25)26)10-5-6-12(22)13(17(10)27-19)9-4-3-8(20)7-11(9)21/h3-7H,1-2H3,(H,23,24)(H,25,26). The molecule has 2 aromatic carbocycles. The molecule has 0 aliphatic carbocycles. The number of nitrogens with zero attached hydrogens (tertiary/aromatic N) is 1. The highest BCUT2D eigenvalue weighted by atomic mass is 127. The molecular weight excluding hydrogens is 486 g/mol. The molecule has 1 aliphatic rings. The van der Waals surface area contributed by atoms with E-state index in [0.29, 0.717) is 38.7 Å². The van der Waals surface area contributed by atoms with E-state index in [9.17, 15) is 14.3 Å². The summed E-state index contributed by atoms with van der Waals surface area (Å²) in [4.78, 5) is 11.6. The van der Waals surface area contributed by atoms with Crippen molar-refractivity contribution in [2.45, 2.75) is 19.4 Å². The number of carboxylic acid groups (broad SMARTS) is 1. The number of fused-ring (bicyclic) bond motifs is 3. The number of hydrogen-bond donors (Lipinski definition) is 2. The minimum Gasteiger partial charge on any atom is -0.482 e. The number of nitrogens with one attached hydrogen (secondary N) is 1. The van der Waals surface area contributed by atoms with Crippen molar-refractivity contribution in [2.75, 3.05) is 0 Å². The summed E-state index contributed by atoms with van der Waals surface area (Å²) >= 11 is 8.01. The quantitative estimate of drug-likeness (QED) is 0.460. The van der Waals surface area contributed by atoms with Crippen LogP contribution in [0.5, 0.6) is 5.75 Å². The number of ether oxygens (including phenoxy) is 1. The number of aromatic amines is 1. The van der Waals surface area contributed by atoms with Crippen LogP contribution in [0.4, 0.5) is 4.39 Å². The van der Waals surface area contributed by atoms with Crippen molar-refractivity contribution < 1.29 is 19.0 Å². The molecule has 0 fully saturated rings. The van der Waals surface area contributed by atoms with Gasteiger partial charge in [-0.2, -0.15) is 5.10 Å². The fourth-order valence-corrected chi connectivity index (χ4v) is 4.25. The Labute approximate surface area is 172 Å². The Hall–Kier alpha value is -2.13. The van der Waals surface area contributed by atoms with E-state index in [1.54, 1.807) is 32.0 Å². The van der Waals surface area contributed by atoms with Crippen LogP contribution in [-0.4, -0.2) is 21.3 Å². The molecule has 8 heteroatoms. The van der Waals surface area contributed by atoms with Gasteiger partial charge >= 0.3 is 5.97 Å². The van der Waals surface area contributed by atoms with E-state index in [-0.39, 0.29) is 5.69 Å². The number of carbonyl (C=O) groups is 1. The van der Waals surface area contributed by atoms with Crippen LogP contribution in [0.1, 0.15) is 29.9 Å². The molecule has 4 rings (SSSR count). The van der Waals surface area contributed by atoms with Crippen molar-refractivity contribution in [3.05, 3.63) is 56.0 Å². The molecule has 1 aromatic heterocycles. The van der Waals surface area contributed by atoms with Gasteiger partial charge in [-0.25, -0.2) is 9.18 Å². The Morgan fingerprint density at radius 2 is 2.00 bits per heavy atom. The SMILES string of the molecule is CC1(C)Oc2c(ccc(I)c2-c2ccc(Cl)cc2F)-c2n[nH]c(C(=O)O)c21. The van der Waals surface area contributed by atoms with Crippen molar-refractivity contribution in [2.24, 2.45) is 0 Å². The molecule has 0 saturated carbocycles. The van der Waals surface area contributed by atoms with Gasteiger partial charge in [0.1, 0.15) is 22.9 Å². The third kappa shape index (κ3) is 2.80. The molecule has 5 nitrogen and oxygen atoms in total. The molecule has 2 heterocycles. The Kier molecular flexibility index (Phi) is 4.19. The molecule has 0 amide bonds. The highest BCUT2D eigenvalue weighted by Gasteiger charge is 2.40. The van der Waals surface area contributed by atoms with Crippen molar-refractivity contribution in [1.82, 2.24) is 10.2 Å². The van der Waals surface area contributed by atoms with Gasteiger partial charge in [0.2, 0.25) is 0 Å². The number of rotatable bonds is 2. The molecule has 1 aliphatic heterocycles. The monoisotopic (exact) mass is 498 g/mol. The van der Waals surface area contributed by atoms with Crippen molar-refractivity contribution in [1.29, 1.82) is 0 Å². The molecule has 27 heavy (non-hydrogen) atoms. The molecule has 0 atom stereocenters. The lowest BCUT2D eigenvalue weighted by Gasteiger charge is -2.34. The van der Waals surface area contributed by atoms with Crippen LogP contribution in [0, 0.1) is 9.39 Å². The minimum atomic E-state index is -1.11. The topological polar surface area (TPSA) is 75.2 Å². The molecule has 0 spiro atoms. The maximum Gasteiger partial charge on any atom is 0.354 e. The smallest absolute Gasteiger partial charge is 0.354 e. The van der Waals surface area contributed by atoms with E-state index in [1.165, 1.54) is 6.07 Å². The average Bonchev–Trinajstić information content (AvgIpc) is 3.02. The van der Waals surface area contributed by atoms with E-state index in [2.05, 4.69) is 32.8 Å². The highest BCUT2D eigenvalue weighted by molar-refractivity contribution is 14.1. The van der Waals surface area contributed by atoms with Crippen LogP contribution in [0.2, 0.25) is 5.02 Å². The van der Waals surface area contributed by atoms with Crippen LogP contribution >= 0.6 is 34.2 Å². The summed E-state index contributed by atoms with van der Waals surface area (Å²) in [6.45, 7) is 3.52. The molecule has 0 radical (unpaired) electrons. The van der Waals surface area contributed by atoms with Gasteiger partial charge in [-0.05, 0) is 66.8 Å². The van der Waals surface area contributed by atoms with Crippen molar-refractivity contribution >= 4 is 40.2 Å². The third-order valence-electron chi connectivity index (χ3n) is 4.50. The number of halogens is 3. The molecule has 3 aromatic rings. The predicted molar refractivity (Wildman–Crippen MR) is 108 cm³/mol. The Bertz CT molecular complexity index is 1110. The second kappa shape index (κ2) is 6.20. The van der Waals surface area contributed by atoms with E-state index < -0.39 is 17.4 Å². The first kappa shape index (κ1) is 18.2. The van der Waals surface area contributed by atoms with Crippen LogP contribution in [-0.2, 0) is 5.60 Å². The van der Waals surface area contributed by atoms with Crippen LogP contribution in [0.3, 0.4) is 0 Å². The zero-order valence-electron chi connectivity index (χ0n) is 14.2. The summed E-state index contributed by atoms with van der Waals surface area (Å²) < 4.78 is 21.7. The molecule has 0 unspecified atom stereocenters. The van der Waals surface area contributed by atoms with Gasteiger partial charge in [0.05, 0.1) is 5.56 Å². The normalized spacial score (nSPS) is 14.3. The fraction of sp³-hybridized carbons (Fsp3) is 0.158. The second-order valence-corrected chi connectivity index (χ2v) is 8.26. The average molecular weight is 499 g/mol. The van der Waals surface area contributed by atoms with Crippen LogP contribution in [0.15, 0.2) is 30.3 Å². The Morgan fingerprint density at radius 1 is 1.30 bits per heavy atom. The van der Waals surface area contributed by atoms with E-state index in [1.807, 2.05) is 6.07 Å². The molecule has 138 valence electrons. The fourth-order valence-electron chi connectivity index (χ4n) is 3.38. The Morgan fingerprint density at radius 3 is 2.67 bits per heavy atom. The summed E-state index contributed by atoms with van der Waals surface area (Å²) in [6.07, 6.45) is 0. The van der Waals surface area contributed by atoms with Crippen molar-refractivity contribution in [3.63, 3.8) is 0 Å². The predicted octanol–water partition coefficient (Wildman–Crippen LogP) is 5.47. The third-order valence-corrected chi connectivity index (χ3v) is 5.64. The number of aromatic nitrogens is 2. The largest absolute Gasteiger partial charge is 0.482 e. The first-order chi connectivity index (χ1) is 12.7. The van der Waals surface area contributed by atoms with Crippen LogP contribution in [0.25, 0.3) is 22.4 Å². The van der Waals surface area contributed by atoms with Gasteiger partial charge in [-0.3, -0.25) is 5.10 Å². The minimum absolute atomic E-state index is 0.0153. The summed E-state index contributed by atoms with van der Waals surface area (Å²) in [5.41, 5.74) is 1.52. The summed E-state index contributed by atoms with van der Waals surface area (Å²) in [7, 11) is 0. The summed E-state index contributed by atoms with van der Waals surface area (Å²) in [5, 5.41) is 16.6. The van der Waals surface area contributed by atoms with E-state index in [0.717, 1.165) is 3.57 Å². The Balaban J connectivity index is 2.04. The van der Waals surface area contributed by atoms with Gasteiger partial charge in [0.25, 0.3) is 0 Å². The molecule has 2 N–H and O–H groups in total. The number of carboxylic acids is 1. The second-order valence-electron chi connectivity index (χ2n) is 6.66. The molecular formula is C19H13ClFIN2O3. The zero-order chi connectivity index (χ0) is 19.5. The van der Waals surface area contributed by atoms with Crippen LogP contribution < -0.4 is 4.74 Å². The summed E-state index contributed by atoms with van der Waals surface area (Å²) in [5.74, 6) is -1.11. The van der Waals surface area contributed by atoms with Gasteiger partial charge in [-0.15, -0.1) is 0 Å². The maximum absolute atomic E-state index is 14.6. The molecule has 0 saturated heterocycles. The lowest BCUT2D eigenvalue weighted by molar-refractivity contribution is 0.0665. The number of benzene rings is 2. The maximum atomic E-state index is 14.6. The first-order valence-electron chi connectivity index (χ1n) is 8.00. The lowest BCUT2D eigenvalue weighted by atomic mass is 9.87. The number of H-pyrrole nitrogens is 1. The van der Waals surface area contributed by atoms with Gasteiger partial charge in [0, 0.05) is 25.3 Å². The van der Waals surface area contributed by atoms with E-state index in [4.69, 9.17) is 16.3 Å². The molecule has 0 bridgehead atoms. The van der Waals surface area contributed by atoms with Gasteiger partial charge in [0.15, 0.2) is 5.69 Å². The number of hydrogen-bond acceptors (Lipinski definition) is 3. The van der Waals surface area contributed by atoms with Gasteiger partial charge in [-0.1, -0.05) is 11.6 Å².